The van der Waals surface area contributed by atoms with Gasteiger partial charge in [-0.05, 0) is 30.3 Å². The van der Waals surface area contributed by atoms with Crippen LogP contribution in [0.4, 0.5) is 10.1 Å². The highest BCUT2D eigenvalue weighted by molar-refractivity contribution is 5.57. The van der Waals surface area contributed by atoms with E-state index in [9.17, 15) is 9.18 Å². The van der Waals surface area contributed by atoms with Crippen molar-refractivity contribution in [3.05, 3.63) is 48.5 Å². The summed E-state index contributed by atoms with van der Waals surface area (Å²) in [7, 11) is 0. The molecular formula is C16H19FN4O. The Morgan fingerprint density at radius 2 is 1.91 bits per heavy atom. The van der Waals surface area contributed by atoms with Crippen LogP contribution in [0.1, 0.15) is 0 Å². The summed E-state index contributed by atoms with van der Waals surface area (Å²) in [5, 5.41) is 4.15. The predicted octanol–water partition coefficient (Wildman–Crippen LogP) is 1.41. The van der Waals surface area contributed by atoms with Gasteiger partial charge in [0.25, 0.3) is 0 Å². The zero-order chi connectivity index (χ0) is 15.4. The van der Waals surface area contributed by atoms with E-state index in [1.54, 1.807) is 23.0 Å². The number of aldehydes is 1. The fraction of sp³-hybridized carbons (Fsp3) is 0.375. The van der Waals surface area contributed by atoms with Crippen molar-refractivity contribution in [2.24, 2.45) is 0 Å². The molecular weight excluding hydrogens is 283 g/mol. The lowest BCUT2D eigenvalue weighted by molar-refractivity contribution is -0.113. The number of hydrogen-bond acceptors (Lipinski definition) is 4. The molecule has 0 amide bonds. The SMILES string of the molecule is O=CC(Cn1cccn1)N1CCN(c2ccc(F)cc2)CC1. The number of benzene rings is 1. The molecule has 0 spiro atoms. The minimum Gasteiger partial charge on any atom is -0.369 e. The third-order valence-electron chi connectivity index (χ3n) is 4.07. The standard InChI is InChI=1S/C16H19FN4O/c17-14-2-4-15(5-3-14)19-8-10-20(11-9-19)16(13-22)12-21-7-1-6-18-21/h1-7,13,16H,8-12H2. The first-order chi connectivity index (χ1) is 10.8. The lowest BCUT2D eigenvalue weighted by Gasteiger charge is -2.38. The smallest absolute Gasteiger partial charge is 0.139 e. The number of piperazine rings is 1. The molecule has 0 bridgehead atoms. The van der Waals surface area contributed by atoms with Crippen molar-refractivity contribution in [2.75, 3.05) is 31.1 Å². The van der Waals surface area contributed by atoms with E-state index < -0.39 is 0 Å². The summed E-state index contributed by atoms with van der Waals surface area (Å²) in [6.45, 7) is 3.85. The van der Waals surface area contributed by atoms with E-state index in [0.29, 0.717) is 6.54 Å². The second kappa shape index (κ2) is 6.70. The van der Waals surface area contributed by atoms with Gasteiger partial charge in [0.05, 0.1) is 12.6 Å². The number of carbonyl (C=O) groups excluding carboxylic acids is 1. The fourth-order valence-electron chi connectivity index (χ4n) is 2.81. The second-order valence-electron chi connectivity index (χ2n) is 5.43. The molecule has 1 fully saturated rings. The third-order valence-corrected chi connectivity index (χ3v) is 4.07. The summed E-state index contributed by atoms with van der Waals surface area (Å²) >= 11 is 0. The van der Waals surface area contributed by atoms with Gasteiger partial charge in [-0.25, -0.2) is 4.39 Å². The number of halogens is 1. The van der Waals surface area contributed by atoms with E-state index >= 15 is 0 Å². The van der Waals surface area contributed by atoms with Crippen LogP contribution in [0.25, 0.3) is 0 Å². The Hall–Kier alpha value is -2.21. The quantitative estimate of drug-likeness (QED) is 0.783. The van der Waals surface area contributed by atoms with Gasteiger partial charge in [-0.2, -0.15) is 5.10 Å². The number of nitrogens with zero attached hydrogens (tertiary/aromatic N) is 4. The monoisotopic (exact) mass is 302 g/mol. The summed E-state index contributed by atoms with van der Waals surface area (Å²) in [5.41, 5.74) is 1.02. The molecule has 1 aromatic heterocycles. The van der Waals surface area contributed by atoms with Crippen LogP contribution in [0.15, 0.2) is 42.7 Å². The average Bonchev–Trinajstić information content (AvgIpc) is 3.07. The van der Waals surface area contributed by atoms with E-state index in [-0.39, 0.29) is 11.9 Å². The van der Waals surface area contributed by atoms with Crippen molar-refractivity contribution in [3.63, 3.8) is 0 Å². The molecule has 3 rings (SSSR count). The summed E-state index contributed by atoms with van der Waals surface area (Å²) in [4.78, 5) is 15.8. The highest BCUT2D eigenvalue weighted by atomic mass is 19.1. The second-order valence-corrected chi connectivity index (χ2v) is 5.43. The molecule has 5 nitrogen and oxygen atoms in total. The van der Waals surface area contributed by atoms with Crippen LogP contribution in [0.2, 0.25) is 0 Å². The predicted molar refractivity (Wildman–Crippen MR) is 82.3 cm³/mol. The van der Waals surface area contributed by atoms with Gasteiger partial charge in [0, 0.05) is 44.3 Å². The first kappa shape index (κ1) is 14.7. The van der Waals surface area contributed by atoms with Crippen LogP contribution in [0.3, 0.4) is 0 Å². The number of aromatic nitrogens is 2. The molecule has 1 aliphatic rings. The zero-order valence-electron chi connectivity index (χ0n) is 12.3. The molecule has 2 heterocycles. The van der Waals surface area contributed by atoms with Crippen molar-refractivity contribution < 1.29 is 9.18 Å². The first-order valence-corrected chi connectivity index (χ1v) is 7.43. The number of rotatable bonds is 5. The van der Waals surface area contributed by atoms with Crippen LogP contribution in [-0.2, 0) is 11.3 Å². The van der Waals surface area contributed by atoms with Gasteiger partial charge >= 0.3 is 0 Å². The maximum absolute atomic E-state index is 13.0. The summed E-state index contributed by atoms with van der Waals surface area (Å²) < 4.78 is 14.8. The van der Waals surface area contributed by atoms with E-state index in [1.807, 2.05) is 12.3 Å². The molecule has 1 unspecified atom stereocenters. The van der Waals surface area contributed by atoms with Gasteiger partial charge in [-0.3, -0.25) is 9.58 Å². The van der Waals surface area contributed by atoms with Crippen molar-refractivity contribution in [1.29, 1.82) is 0 Å². The molecule has 1 atom stereocenters. The minimum atomic E-state index is -0.220. The molecule has 22 heavy (non-hydrogen) atoms. The number of anilines is 1. The molecule has 0 aliphatic carbocycles. The highest BCUT2D eigenvalue weighted by Crippen LogP contribution is 2.17. The molecule has 0 radical (unpaired) electrons. The lowest BCUT2D eigenvalue weighted by atomic mass is 10.2. The zero-order valence-corrected chi connectivity index (χ0v) is 12.3. The highest BCUT2D eigenvalue weighted by Gasteiger charge is 2.24. The molecule has 6 heteroatoms. The topological polar surface area (TPSA) is 41.4 Å². The summed E-state index contributed by atoms with van der Waals surface area (Å²) in [6.07, 6.45) is 4.58. The van der Waals surface area contributed by atoms with Crippen LogP contribution in [-0.4, -0.2) is 53.2 Å². The maximum Gasteiger partial charge on any atom is 0.139 e. The first-order valence-electron chi connectivity index (χ1n) is 7.43. The fourth-order valence-corrected chi connectivity index (χ4v) is 2.81. The molecule has 1 aromatic carbocycles. The van der Waals surface area contributed by atoms with Crippen molar-refractivity contribution in [1.82, 2.24) is 14.7 Å². The van der Waals surface area contributed by atoms with Crippen molar-refractivity contribution >= 4 is 12.0 Å². The van der Waals surface area contributed by atoms with E-state index in [0.717, 1.165) is 38.2 Å². The molecule has 0 N–H and O–H groups in total. The molecule has 0 saturated carbocycles. The van der Waals surface area contributed by atoms with Crippen LogP contribution < -0.4 is 4.90 Å². The van der Waals surface area contributed by atoms with Gasteiger partial charge in [-0.15, -0.1) is 0 Å². The lowest BCUT2D eigenvalue weighted by Crippen LogP contribution is -2.52. The van der Waals surface area contributed by atoms with Gasteiger partial charge in [0.2, 0.25) is 0 Å². The van der Waals surface area contributed by atoms with E-state index in [2.05, 4.69) is 14.9 Å². The summed E-state index contributed by atoms with van der Waals surface area (Å²) in [6, 6.07) is 8.25. The molecule has 1 aliphatic heterocycles. The Morgan fingerprint density at radius 3 is 2.50 bits per heavy atom. The van der Waals surface area contributed by atoms with Crippen molar-refractivity contribution in [3.8, 4) is 0 Å². The third kappa shape index (κ3) is 3.33. The Kier molecular flexibility index (Phi) is 4.48. The van der Waals surface area contributed by atoms with Gasteiger partial charge < -0.3 is 9.69 Å². The van der Waals surface area contributed by atoms with Crippen LogP contribution in [0.5, 0.6) is 0 Å². The van der Waals surface area contributed by atoms with Crippen LogP contribution >= 0.6 is 0 Å². The van der Waals surface area contributed by atoms with E-state index in [4.69, 9.17) is 0 Å². The molecule has 116 valence electrons. The Labute approximate surface area is 128 Å². The number of hydrogen-bond donors (Lipinski definition) is 0. The van der Waals surface area contributed by atoms with Crippen molar-refractivity contribution in [2.45, 2.75) is 12.6 Å². The van der Waals surface area contributed by atoms with Gasteiger partial charge in [0.15, 0.2) is 0 Å². The largest absolute Gasteiger partial charge is 0.369 e. The van der Waals surface area contributed by atoms with Gasteiger partial charge in [-0.1, -0.05) is 0 Å². The van der Waals surface area contributed by atoms with E-state index in [1.165, 1.54) is 12.1 Å². The Morgan fingerprint density at radius 1 is 1.18 bits per heavy atom. The normalized spacial score (nSPS) is 17.4. The average molecular weight is 302 g/mol. The molecule has 2 aromatic rings. The summed E-state index contributed by atoms with van der Waals surface area (Å²) in [5.74, 6) is -0.220. The number of carbonyl (C=O) groups is 1. The Balaban J connectivity index is 1.58. The Bertz CT molecular complexity index is 591. The molecule has 1 saturated heterocycles. The minimum absolute atomic E-state index is 0.157. The van der Waals surface area contributed by atoms with Gasteiger partial charge in [0.1, 0.15) is 12.1 Å². The van der Waals surface area contributed by atoms with Crippen LogP contribution in [0, 0.1) is 5.82 Å². The maximum atomic E-state index is 13.0.